The van der Waals surface area contributed by atoms with Crippen LogP contribution < -0.4 is 0 Å². The molecule has 0 radical (unpaired) electrons. The van der Waals surface area contributed by atoms with Crippen LogP contribution >= 0.6 is 12.6 Å². The Kier molecular flexibility index (Phi) is 9.10. The molecule has 1 unspecified atom stereocenters. The molecule has 0 aromatic heterocycles. The van der Waals surface area contributed by atoms with Crippen molar-refractivity contribution >= 4 is 12.6 Å². The van der Waals surface area contributed by atoms with Gasteiger partial charge in [-0.05, 0) is 30.4 Å². The van der Waals surface area contributed by atoms with Gasteiger partial charge in [0.15, 0.2) is 0 Å². The van der Waals surface area contributed by atoms with Gasteiger partial charge in [0.2, 0.25) is 0 Å². The van der Waals surface area contributed by atoms with Crippen LogP contribution in [0, 0.1) is 11.8 Å². The predicted octanol–water partition coefficient (Wildman–Crippen LogP) is 3.40. The Morgan fingerprint density at radius 3 is 2.46 bits per heavy atom. The van der Waals surface area contributed by atoms with E-state index < -0.39 is 0 Å². The molecule has 0 aliphatic heterocycles. The lowest BCUT2D eigenvalue weighted by atomic mass is 10.1. The van der Waals surface area contributed by atoms with Gasteiger partial charge in [-0.15, -0.1) is 0 Å². The van der Waals surface area contributed by atoms with E-state index in [1.807, 2.05) is 0 Å². The molecule has 0 heterocycles. The maximum atomic E-state index is 5.58. The van der Waals surface area contributed by atoms with Crippen LogP contribution in [-0.4, -0.2) is 19.0 Å². The monoisotopic (exact) mass is 204 g/mol. The normalized spacial score (nSPS) is 13.6. The van der Waals surface area contributed by atoms with Crippen molar-refractivity contribution in [1.82, 2.24) is 0 Å². The fraction of sp³-hybridized carbons (Fsp3) is 1.00. The van der Waals surface area contributed by atoms with E-state index in [1.54, 1.807) is 0 Å². The summed E-state index contributed by atoms with van der Waals surface area (Å²) >= 11 is 4.27. The Labute approximate surface area is 88.7 Å². The molecule has 0 aromatic carbocycles. The minimum Gasteiger partial charge on any atom is -0.381 e. The maximum absolute atomic E-state index is 5.58. The van der Waals surface area contributed by atoms with Gasteiger partial charge in [0.25, 0.3) is 0 Å². The highest BCUT2D eigenvalue weighted by Crippen LogP contribution is 2.07. The first kappa shape index (κ1) is 13.3. The predicted molar refractivity (Wildman–Crippen MR) is 62.5 cm³/mol. The van der Waals surface area contributed by atoms with Gasteiger partial charge >= 0.3 is 0 Å². The van der Waals surface area contributed by atoms with Gasteiger partial charge in [-0.1, -0.05) is 27.2 Å². The first-order chi connectivity index (χ1) is 6.20. The van der Waals surface area contributed by atoms with Crippen molar-refractivity contribution in [2.75, 3.05) is 19.0 Å². The van der Waals surface area contributed by atoms with Gasteiger partial charge in [-0.3, -0.25) is 0 Å². The van der Waals surface area contributed by atoms with E-state index in [4.69, 9.17) is 4.74 Å². The lowest BCUT2D eigenvalue weighted by Crippen LogP contribution is -2.11. The van der Waals surface area contributed by atoms with E-state index >= 15 is 0 Å². The SMILES string of the molecule is CCC(CS)COCCCC(C)C. The smallest absolute Gasteiger partial charge is 0.0501 e. The Morgan fingerprint density at radius 1 is 1.31 bits per heavy atom. The van der Waals surface area contributed by atoms with Crippen LogP contribution in [0.5, 0.6) is 0 Å². The summed E-state index contributed by atoms with van der Waals surface area (Å²) in [4.78, 5) is 0. The summed E-state index contributed by atoms with van der Waals surface area (Å²) in [5.41, 5.74) is 0. The summed E-state index contributed by atoms with van der Waals surface area (Å²) in [5, 5.41) is 0. The first-order valence-corrected chi connectivity index (χ1v) is 6.02. The van der Waals surface area contributed by atoms with Crippen molar-refractivity contribution in [1.29, 1.82) is 0 Å². The molecule has 1 nitrogen and oxygen atoms in total. The zero-order valence-electron chi connectivity index (χ0n) is 9.25. The summed E-state index contributed by atoms with van der Waals surface area (Å²) in [6, 6.07) is 0. The molecule has 0 saturated heterocycles. The zero-order chi connectivity index (χ0) is 10.1. The molecule has 80 valence electrons. The zero-order valence-corrected chi connectivity index (χ0v) is 10.1. The molecule has 0 aliphatic rings. The Morgan fingerprint density at radius 2 is 2.00 bits per heavy atom. The van der Waals surface area contributed by atoms with Gasteiger partial charge in [-0.2, -0.15) is 12.6 Å². The van der Waals surface area contributed by atoms with Crippen LogP contribution in [0.4, 0.5) is 0 Å². The molecular weight excluding hydrogens is 180 g/mol. The minimum atomic E-state index is 0.641. The Balaban J connectivity index is 3.14. The van der Waals surface area contributed by atoms with Crippen molar-refractivity contribution < 1.29 is 4.74 Å². The molecule has 0 aliphatic carbocycles. The van der Waals surface area contributed by atoms with E-state index in [1.165, 1.54) is 19.3 Å². The largest absolute Gasteiger partial charge is 0.381 e. The highest BCUT2D eigenvalue weighted by atomic mass is 32.1. The summed E-state index contributed by atoms with van der Waals surface area (Å²) in [5.74, 6) is 2.39. The molecular formula is C11H24OS. The molecule has 0 bridgehead atoms. The second-order valence-corrected chi connectivity index (χ2v) is 4.43. The molecule has 0 amide bonds. The molecule has 13 heavy (non-hydrogen) atoms. The molecule has 1 atom stereocenters. The second kappa shape index (κ2) is 8.89. The van der Waals surface area contributed by atoms with Crippen molar-refractivity contribution in [2.45, 2.75) is 40.0 Å². The fourth-order valence-corrected chi connectivity index (χ4v) is 1.51. The molecule has 0 rings (SSSR count). The number of ether oxygens (including phenoxy) is 1. The van der Waals surface area contributed by atoms with E-state index in [9.17, 15) is 0 Å². The maximum Gasteiger partial charge on any atom is 0.0501 e. The van der Waals surface area contributed by atoms with E-state index in [-0.39, 0.29) is 0 Å². The van der Waals surface area contributed by atoms with Gasteiger partial charge in [0.05, 0.1) is 6.61 Å². The first-order valence-electron chi connectivity index (χ1n) is 5.39. The van der Waals surface area contributed by atoms with Crippen LogP contribution in [0.25, 0.3) is 0 Å². The molecule has 0 spiro atoms. The number of thiol groups is 1. The topological polar surface area (TPSA) is 9.23 Å². The Bertz CT molecular complexity index is 100. The number of rotatable bonds is 8. The Hall–Kier alpha value is 0.310. The quantitative estimate of drug-likeness (QED) is 0.471. The van der Waals surface area contributed by atoms with Crippen LogP contribution in [0.3, 0.4) is 0 Å². The van der Waals surface area contributed by atoms with Crippen LogP contribution in [0.1, 0.15) is 40.0 Å². The minimum absolute atomic E-state index is 0.641. The lowest BCUT2D eigenvalue weighted by molar-refractivity contribution is 0.0999. The van der Waals surface area contributed by atoms with Gasteiger partial charge in [-0.25, -0.2) is 0 Å². The molecule has 0 fully saturated rings. The summed E-state index contributed by atoms with van der Waals surface area (Å²) in [7, 11) is 0. The standard InChI is InChI=1S/C11H24OS/c1-4-11(9-13)8-12-7-5-6-10(2)3/h10-11,13H,4-9H2,1-3H3. The highest BCUT2D eigenvalue weighted by molar-refractivity contribution is 7.80. The third-order valence-corrected chi connectivity index (χ3v) is 2.78. The van der Waals surface area contributed by atoms with Crippen LogP contribution in [0.2, 0.25) is 0 Å². The van der Waals surface area contributed by atoms with Gasteiger partial charge in [0.1, 0.15) is 0 Å². The number of hydrogen-bond donors (Lipinski definition) is 1. The average Bonchev–Trinajstić information content (AvgIpc) is 2.11. The third-order valence-electron chi connectivity index (χ3n) is 2.26. The highest BCUT2D eigenvalue weighted by Gasteiger charge is 2.03. The molecule has 0 saturated carbocycles. The van der Waals surface area contributed by atoms with Crippen molar-refractivity contribution in [3.05, 3.63) is 0 Å². The van der Waals surface area contributed by atoms with Gasteiger partial charge < -0.3 is 4.74 Å². The summed E-state index contributed by atoms with van der Waals surface area (Å²) in [6.07, 6.45) is 3.64. The summed E-state index contributed by atoms with van der Waals surface area (Å²) < 4.78 is 5.58. The van der Waals surface area contributed by atoms with E-state index in [0.717, 1.165) is 24.9 Å². The third kappa shape index (κ3) is 8.63. The van der Waals surface area contributed by atoms with Crippen LogP contribution in [0.15, 0.2) is 0 Å². The molecule has 0 N–H and O–H groups in total. The van der Waals surface area contributed by atoms with Gasteiger partial charge in [0, 0.05) is 6.61 Å². The second-order valence-electron chi connectivity index (χ2n) is 4.07. The van der Waals surface area contributed by atoms with Crippen molar-refractivity contribution in [3.8, 4) is 0 Å². The average molecular weight is 204 g/mol. The van der Waals surface area contributed by atoms with Crippen LogP contribution in [-0.2, 0) is 4.74 Å². The van der Waals surface area contributed by atoms with E-state index in [2.05, 4.69) is 33.4 Å². The number of hydrogen-bond acceptors (Lipinski definition) is 2. The van der Waals surface area contributed by atoms with Crippen molar-refractivity contribution in [2.24, 2.45) is 11.8 Å². The van der Waals surface area contributed by atoms with Crippen molar-refractivity contribution in [3.63, 3.8) is 0 Å². The molecule has 0 aromatic rings. The molecule has 2 heteroatoms. The summed E-state index contributed by atoms with van der Waals surface area (Å²) in [6.45, 7) is 8.50. The van der Waals surface area contributed by atoms with E-state index in [0.29, 0.717) is 5.92 Å². The lowest BCUT2D eigenvalue weighted by Gasteiger charge is -2.12. The fourth-order valence-electron chi connectivity index (χ4n) is 1.14.